The van der Waals surface area contributed by atoms with Crippen LogP contribution in [0.1, 0.15) is 43.0 Å². The van der Waals surface area contributed by atoms with E-state index in [0.29, 0.717) is 10.4 Å². The van der Waals surface area contributed by atoms with Crippen LogP contribution in [0.25, 0.3) is 10.6 Å². The maximum Gasteiger partial charge on any atom is 0.341 e. The summed E-state index contributed by atoms with van der Waals surface area (Å²) in [6, 6.07) is 9.54. The average Bonchev–Trinajstić information content (AvgIpc) is 3.33. The Morgan fingerprint density at radius 3 is 2.52 bits per heavy atom. The fourth-order valence-corrected chi connectivity index (χ4v) is 4.58. The predicted octanol–water partition coefficient (Wildman–Crippen LogP) is 3.97. The molecule has 0 radical (unpaired) electrons. The number of amides is 2. The lowest BCUT2D eigenvalue weighted by Gasteiger charge is -2.06. The summed E-state index contributed by atoms with van der Waals surface area (Å²) in [5.74, 6) is -1.38. The second-order valence-electron chi connectivity index (χ2n) is 5.92. The van der Waals surface area contributed by atoms with Gasteiger partial charge in [0.05, 0.1) is 17.0 Å². The van der Waals surface area contributed by atoms with Gasteiger partial charge in [0.1, 0.15) is 15.7 Å². The van der Waals surface area contributed by atoms with E-state index in [1.54, 1.807) is 19.2 Å². The molecule has 0 unspecified atom stereocenters. The van der Waals surface area contributed by atoms with Crippen molar-refractivity contribution >= 4 is 45.5 Å². The lowest BCUT2D eigenvalue weighted by Crippen LogP contribution is -2.18. The first-order valence-corrected chi connectivity index (χ1v) is 10.5. The van der Waals surface area contributed by atoms with Gasteiger partial charge in [-0.15, -0.1) is 22.7 Å². The van der Waals surface area contributed by atoms with Crippen LogP contribution in [0.4, 0.5) is 5.00 Å². The van der Waals surface area contributed by atoms with Crippen molar-refractivity contribution in [3.63, 3.8) is 0 Å². The number of carbonyl (C=O) groups excluding carboxylic acids is 3. The monoisotopic (exact) mass is 429 g/mol. The lowest BCUT2D eigenvalue weighted by molar-refractivity contribution is 0.0527. The number of hydrogen-bond donors (Lipinski definition) is 2. The van der Waals surface area contributed by atoms with Crippen LogP contribution in [0.2, 0.25) is 0 Å². The molecule has 29 heavy (non-hydrogen) atoms. The van der Waals surface area contributed by atoms with Crippen molar-refractivity contribution in [3.05, 3.63) is 57.4 Å². The van der Waals surface area contributed by atoms with E-state index >= 15 is 0 Å². The first kappa shape index (κ1) is 20.7. The van der Waals surface area contributed by atoms with Crippen molar-refractivity contribution < 1.29 is 19.1 Å². The van der Waals surface area contributed by atoms with Crippen LogP contribution >= 0.6 is 22.7 Å². The Kier molecular flexibility index (Phi) is 6.40. The highest BCUT2D eigenvalue weighted by atomic mass is 32.1. The van der Waals surface area contributed by atoms with E-state index in [-0.39, 0.29) is 28.8 Å². The van der Waals surface area contributed by atoms with Gasteiger partial charge < -0.3 is 15.4 Å². The molecule has 0 spiro atoms. The summed E-state index contributed by atoms with van der Waals surface area (Å²) in [7, 11) is 1.50. The first-order chi connectivity index (χ1) is 14.0. The van der Waals surface area contributed by atoms with Crippen LogP contribution < -0.4 is 10.6 Å². The van der Waals surface area contributed by atoms with Gasteiger partial charge in [0.2, 0.25) is 0 Å². The number of esters is 1. The van der Waals surface area contributed by atoms with Gasteiger partial charge in [-0.3, -0.25) is 9.59 Å². The van der Waals surface area contributed by atoms with Crippen LogP contribution in [0.5, 0.6) is 0 Å². The normalized spacial score (nSPS) is 10.4. The zero-order chi connectivity index (χ0) is 21.0. The molecular weight excluding hydrogens is 410 g/mol. The fourth-order valence-electron chi connectivity index (χ4n) is 2.64. The summed E-state index contributed by atoms with van der Waals surface area (Å²) in [5.41, 5.74) is 1.79. The molecule has 0 atom stereocenters. The van der Waals surface area contributed by atoms with E-state index in [0.717, 1.165) is 21.9 Å². The van der Waals surface area contributed by atoms with E-state index < -0.39 is 11.9 Å². The lowest BCUT2D eigenvalue weighted by atomic mass is 10.1. The van der Waals surface area contributed by atoms with Crippen LogP contribution in [0.3, 0.4) is 0 Å². The minimum absolute atomic E-state index is 0.183. The molecule has 2 N–H and O–H groups in total. The highest BCUT2D eigenvalue weighted by Gasteiger charge is 2.27. The summed E-state index contributed by atoms with van der Waals surface area (Å²) in [6.07, 6.45) is 0. The van der Waals surface area contributed by atoms with Crippen molar-refractivity contribution in [2.75, 3.05) is 19.0 Å². The van der Waals surface area contributed by atoms with Crippen molar-refractivity contribution in [2.24, 2.45) is 0 Å². The molecule has 2 heterocycles. The van der Waals surface area contributed by atoms with Crippen molar-refractivity contribution in [1.82, 2.24) is 10.3 Å². The molecular formula is C20H19N3O4S2. The number of thiazole rings is 1. The van der Waals surface area contributed by atoms with E-state index in [9.17, 15) is 14.4 Å². The van der Waals surface area contributed by atoms with Crippen molar-refractivity contribution in [2.45, 2.75) is 13.8 Å². The van der Waals surface area contributed by atoms with Gasteiger partial charge >= 0.3 is 5.97 Å². The summed E-state index contributed by atoms with van der Waals surface area (Å²) in [6.45, 7) is 3.53. The standard InChI is InChI=1S/C20H19N3O4S2/c1-4-27-20(26)14-11(2)15(17(25)21-3)29-19(14)23-16(24)13-10-28-18(22-13)12-8-6-5-7-9-12/h5-10H,4H2,1-3H3,(H,21,25)(H,23,24). The van der Waals surface area contributed by atoms with Crippen LogP contribution in [0.15, 0.2) is 35.7 Å². The Hall–Kier alpha value is -3.04. The molecule has 3 aromatic rings. The molecule has 0 aliphatic rings. The minimum Gasteiger partial charge on any atom is -0.462 e. The minimum atomic E-state index is -0.588. The molecule has 3 rings (SSSR count). The second-order valence-corrected chi connectivity index (χ2v) is 7.80. The van der Waals surface area contributed by atoms with Crippen molar-refractivity contribution in [1.29, 1.82) is 0 Å². The number of carbonyl (C=O) groups is 3. The number of anilines is 1. The number of aromatic nitrogens is 1. The Bertz CT molecular complexity index is 1060. The highest BCUT2D eigenvalue weighted by Crippen LogP contribution is 2.34. The largest absolute Gasteiger partial charge is 0.462 e. The van der Waals surface area contributed by atoms with E-state index in [1.807, 2.05) is 30.3 Å². The number of nitrogens with zero attached hydrogens (tertiary/aromatic N) is 1. The number of rotatable bonds is 6. The molecule has 2 amide bonds. The number of nitrogens with one attached hydrogen (secondary N) is 2. The SMILES string of the molecule is CCOC(=O)c1c(NC(=O)c2csc(-c3ccccc3)n2)sc(C(=O)NC)c1C. The average molecular weight is 430 g/mol. The Labute approximate surface area is 175 Å². The molecule has 7 nitrogen and oxygen atoms in total. The zero-order valence-electron chi connectivity index (χ0n) is 16.1. The number of thiophene rings is 1. The highest BCUT2D eigenvalue weighted by molar-refractivity contribution is 7.18. The summed E-state index contributed by atoms with van der Waals surface area (Å²) in [4.78, 5) is 42.0. The summed E-state index contributed by atoms with van der Waals surface area (Å²) in [5, 5.41) is 7.88. The molecule has 0 fully saturated rings. The van der Waals surface area contributed by atoms with E-state index in [1.165, 1.54) is 18.4 Å². The van der Waals surface area contributed by atoms with E-state index in [4.69, 9.17) is 4.74 Å². The fraction of sp³-hybridized carbons (Fsp3) is 0.200. The molecule has 1 aromatic carbocycles. The third-order valence-electron chi connectivity index (χ3n) is 4.04. The van der Waals surface area contributed by atoms with Gasteiger partial charge in [-0.25, -0.2) is 9.78 Å². The zero-order valence-corrected chi connectivity index (χ0v) is 17.7. The quantitative estimate of drug-likeness (QED) is 0.578. The van der Waals surface area contributed by atoms with Gasteiger partial charge in [-0.05, 0) is 19.4 Å². The van der Waals surface area contributed by atoms with Crippen LogP contribution in [-0.2, 0) is 4.74 Å². The second kappa shape index (κ2) is 8.97. The first-order valence-electron chi connectivity index (χ1n) is 8.81. The summed E-state index contributed by atoms with van der Waals surface area (Å²) < 4.78 is 5.10. The smallest absolute Gasteiger partial charge is 0.341 e. The maximum atomic E-state index is 12.7. The number of hydrogen-bond acceptors (Lipinski definition) is 7. The molecule has 0 saturated heterocycles. The van der Waals surface area contributed by atoms with Gasteiger partial charge in [0, 0.05) is 18.0 Å². The molecule has 0 bridgehead atoms. The Morgan fingerprint density at radius 2 is 1.86 bits per heavy atom. The molecule has 0 aliphatic heterocycles. The van der Waals surface area contributed by atoms with Crippen LogP contribution in [0, 0.1) is 6.92 Å². The summed E-state index contributed by atoms with van der Waals surface area (Å²) >= 11 is 2.38. The van der Waals surface area contributed by atoms with Gasteiger partial charge in [-0.2, -0.15) is 0 Å². The predicted molar refractivity (Wildman–Crippen MR) is 114 cm³/mol. The molecule has 150 valence electrons. The third kappa shape index (κ3) is 4.36. The Morgan fingerprint density at radius 1 is 1.14 bits per heavy atom. The maximum absolute atomic E-state index is 12.7. The van der Waals surface area contributed by atoms with Crippen molar-refractivity contribution in [3.8, 4) is 10.6 Å². The number of benzene rings is 1. The number of ether oxygens (including phenoxy) is 1. The molecule has 9 heteroatoms. The topological polar surface area (TPSA) is 97.4 Å². The molecule has 0 aliphatic carbocycles. The third-order valence-corrected chi connectivity index (χ3v) is 6.14. The van der Waals surface area contributed by atoms with E-state index in [2.05, 4.69) is 15.6 Å². The van der Waals surface area contributed by atoms with Gasteiger partial charge in [0.15, 0.2) is 0 Å². The molecule has 0 saturated carbocycles. The van der Waals surface area contributed by atoms with Gasteiger partial charge in [-0.1, -0.05) is 30.3 Å². The Balaban J connectivity index is 1.91. The molecule has 2 aromatic heterocycles. The van der Waals surface area contributed by atoms with Gasteiger partial charge in [0.25, 0.3) is 11.8 Å². The van der Waals surface area contributed by atoms with Crippen LogP contribution in [-0.4, -0.2) is 36.4 Å².